The van der Waals surface area contributed by atoms with Gasteiger partial charge in [0, 0.05) is 56.2 Å². The quantitative estimate of drug-likeness (QED) is 0.314. The second kappa shape index (κ2) is 13.4. The van der Waals surface area contributed by atoms with Crippen molar-refractivity contribution >= 4 is 29.0 Å². The van der Waals surface area contributed by atoms with E-state index in [1.165, 1.54) is 22.3 Å². The first-order chi connectivity index (χ1) is 20.6. The zero-order valence-electron chi connectivity index (χ0n) is 25.9. The molecule has 0 spiro atoms. The van der Waals surface area contributed by atoms with Crippen LogP contribution in [0.3, 0.4) is 0 Å². The molecule has 1 fully saturated rings. The van der Waals surface area contributed by atoms with Gasteiger partial charge in [0.1, 0.15) is 5.75 Å². The Morgan fingerprint density at radius 3 is 2.49 bits per heavy atom. The van der Waals surface area contributed by atoms with Gasteiger partial charge in [0.15, 0.2) is 0 Å². The minimum absolute atomic E-state index is 0.0138. The Morgan fingerprint density at radius 2 is 1.79 bits per heavy atom. The van der Waals surface area contributed by atoms with Crippen molar-refractivity contribution in [1.29, 1.82) is 0 Å². The normalized spacial score (nSPS) is 18.0. The van der Waals surface area contributed by atoms with Crippen LogP contribution in [0, 0.1) is 20.8 Å². The smallest absolute Gasteiger partial charge is 0.252 e. The number of nitrogens with one attached hydrogen (secondary N) is 1. The molecule has 0 aromatic heterocycles. The van der Waals surface area contributed by atoms with Gasteiger partial charge in [-0.3, -0.25) is 9.59 Å². The Labute approximate surface area is 260 Å². The summed E-state index contributed by atoms with van der Waals surface area (Å²) in [4.78, 5) is 30.4. The van der Waals surface area contributed by atoms with Crippen LogP contribution in [0.4, 0.5) is 0 Å². The SMILES string of the molecule is CCN(Cc1ccccc1Cl)C(=O)C1=C(c2ccc(CCOc3cc(C)cc(C)c3C)cc2)C[C@@H]2CN(C(C)=O)C[C@H]1N2. The number of ether oxygens (including phenoxy) is 1. The van der Waals surface area contributed by atoms with Gasteiger partial charge in [-0.05, 0) is 85.2 Å². The van der Waals surface area contributed by atoms with E-state index in [-0.39, 0.29) is 23.9 Å². The fourth-order valence-corrected chi connectivity index (χ4v) is 6.45. The monoisotopic (exact) mass is 599 g/mol. The van der Waals surface area contributed by atoms with Crippen LogP contribution in [-0.2, 0) is 22.6 Å². The summed E-state index contributed by atoms with van der Waals surface area (Å²) in [6, 6.07) is 20.4. The van der Waals surface area contributed by atoms with Gasteiger partial charge in [0.2, 0.25) is 5.91 Å². The fourth-order valence-electron chi connectivity index (χ4n) is 6.26. The molecule has 1 N–H and O–H groups in total. The Balaban J connectivity index is 1.40. The summed E-state index contributed by atoms with van der Waals surface area (Å²) < 4.78 is 6.16. The third-order valence-corrected chi connectivity index (χ3v) is 9.15. The summed E-state index contributed by atoms with van der Waals surface area (Å²) in [7, 11) is 0. The number of halogens is 1. The zero-order valence-corrected chi connectivity index (χ0v) is 26.6. The molecule has 1 saturated heterocycles. The van der Waals surface area contributed by atoms with Crippen LogP contribution < -0.4 is 10.1 Å². The topological polar surface area (TPSA) is 61.9 Å². The first-order valence-electron chi connectivity index (χ1n) is 15.2. The van der Waals surface area contributed by atoms with E-state index in [2.05, 4.69) is 62.5 Å². The molecule has 0 saturated carbocycles. The molecule has 2 amide bonds. The lowest BCUT2D eigenvalue weighted by atomic mass is 9.82. The maximum atomic E-state index is 14.3. The molecule has 0 unspecified atom stereocenters. The average Bonchev–Trinajstić information content (AvgIpc) is 2.98. The largest absolute Gasteiger partial charge is 0.493 e. The van der Waals surface area contributed by atoms with E-state index >= 15 is 0 Å². The minimum Gasteiger partial charge on any atom is -0.493 e. The van der Waals surface area contributed by atoms with E-state index in [4.69, 9.17) is 16.3 Å². The van der Waals surface area contributed by atoms with Crippen molar-refractivity contribution in [2.45, 2.75) is 66.1 Å². The number of aryl methyl sites for hydroxylation is 2. The van der Waals surface area contributed by atoms with Gasteiger partial charge < -0.3 is 19.9 Å². The first kappa shape index (κ1) is 30.8. The van der Waals surface area contributed by atoms with E-state index in [0.29, 0.717) is 44.2 Å². The number of carbonyl (C=O) groups is 2. The van der Waals surface area contributed by atoms with E-state index < -0.39 is 0 Å². The highest BCUT2D eigenvalue weighted by molar-refractivity contribution is 6.31. The molecule has 0 aliphatic carbocycles. The van der Waals surface area contributed by atoms with E-state index in [9.17, 15) is 9.59 Å². The molecule has 6 nitrogen and oxygen atoms in total. The number of hydrogen-bond donors (Lipinski definition) is 1. The summed E-state index contributed by atoms with van der Waals surface area (Å²) in [6.45, 7) is 12.6. The lowest BCUT2D eigenvalue weighted by molar-refractivity contribution is -0.132. The molecule has 0 radical (unpaired) electrons. The molecule has 226 valence electrons. The van der Waals surface area contributed by atoms with Crippen molar-refractivity contribution < 1.29 is 14.3 Å². The molecule has 7 heteroatoms. The Hall–Kier alpha value is -3.61. The first-order valence-corrected chi connectivity index (χ1v) is 15.6. The molecule has 5 rings (SSSR count). The zero-order chi connectivity index (χ0) is 30.7. The van der Waals surface area contributed by atoms with Crippen LogP contribution in [0.15, 0.2) is 66.2 Å². The number of nitrogens with zero attached hydrogens (tertiary/aromatic N) is 2. The standard InChI is InChI=1S/C36H42ClN3O3/c1-6-39(20-29-9-7-8-10-32(29)37)36(42)35-31(19-30-21-40(26(5)41)22-33(35)38-30)28-13-11-27(12-14-28)15-16-43-34-18-23(2)17-24(3)25(34)4/h7-14,17-18,30,33,38H,6,15-16,19-22H2,1-5H3/t30-,33-/m1/s1. The molecular weight excluding hydrogens is 558 g/mol. The second-order valence-corrected chi connectivity index (χ2v) is 12.3. The predicted octanol–water partition coefficient (Wildman–Crippen LogP) is 6.28. The highest BCUT2D eigenvalue weighted by atomic mass is 35.5. The van der Waals surface area contributed by atoms with Gasteiger partial charge in [-0.15, -0.1) is 0 Å². The van der Waals surface area contributed by atoms with Crippen molar-refractivity contribution in [1.82, 2.24) is 15.1 Å². The predicted molar refractivity (Wildman–Crippen MR) is 173 cm³/mol. The van der Waals surface area contributed by atoms with E-state index in [1.54, 1.807) is 6.92 Å². The maximum Gasteiger partial charge on any atom is 0.252 e. The second-order valence-electron chi connectivity index (χ2n) is 11.8. The molecule has 2 aliphatic heterocycles. The lowest BCUT2D eigenvalue weighted by Gasteiger charge is -2.44. The number of carbonyl (C=O) groups excluding carboxylic acids is 2. The van der Waals surface area contributed by atoms with Crippen molar-refractivity contribution in [2.24, 2.45) is 0 Å². The molecule has 43 heavy (non-hydrogen) atoms. The van der Waals surface area contributed by atoms with Gasteiger partial charge in [-0.1, -0.05) is 60.1 Å². The van der Waals surface area contributed by atoms with Crippen molar-refractivity contribution in [3.63, 3.8) is 0 Å². The molecule has 2 atom stereocenters. The summed E-state index contributed by atoms with van der Waals surface area (Å²) in [5.74, 6) is 0.971. The molecule has 3 aromatic carbocycles. The van der Waals surface area contributed by atoms with Crippen molar-refractivity contribution in [3.05, 3.63) is 105 Å². The van der Waals surface area contributed by atoms with Crippen LogP contribution >= 0.6 is 11.6 Å². The van der Waals surface area contributed by atoms with Crippen molar-refractivity contribution in [2.75, 3.05) is 26.2 Å². The number of hydrogen-bond acceptors (Lipinski definition) is 4. The number of likely N-dealkylation sites (N-methyl/N-ethyl adjacent to an activating group) is 1. The highest BCUT2D eigenvalue weighted by Crippen LogP contribution is 2.35. The van der Waals surface area contributed by atoms with Crippen LogP contribution in [0.25, 0.3) is 5.57 Å². The molecule has 2 bridgehead atoms. The van der Waals surface area contributed by atoms with E-state index in [0.717, 1.165) is 34.4 Å². The van der Waals surface area contributed by atoms with Crippen LogP contribution in [0.5, 0.6) is 5.75 Å². The fraction of sp³-hybridized carbons (Fsp3) is 0.389. The Morgan fingerprint density at radius 1 is 1.05 bits per heavy atom. The van der Waals surface area contributed by atoms with Gasteiger partial charge >= 0.3 is 0 Å². The molecular formula is C36H42ClN3O3. The number of piperazine rings is 1. The number of benzene rings is 3. The van der Waals surface area contributed by atoms with Gasteiger partial charge in [-0.2, -0.15) is 0 Å². The summed E-state index contributed by atoms with van der Waals surface area (Å²) >= 11 is 6.47. The highest BCUT2D eigenvalue weighted by Gasteiger charge is 2.40. The van der Waals surface area contributed by atoms with Gasteiger partial charge in [-0.25, -0.2) is 0 Å². The third-order valence-electron chi connectivity index (χ3n) is 8.78. The summed E-state index contributed by atoms with van der Waals surface area (Å²) in [6.07, 6.45) is 1.47. The Bertz CT molecular complexity index is 1530. The number of amides is 2. The molecule has 3 aromatic rings. The lowest BCUT2D eigenvalue weighted by Crippen LogP contribution is -2.61. The van der Waals surface area contributed by atoms with Crippen molar-refractivity contribution in [3.8, 4) is 5.75 Å². The summed E-state index contributed by atoms with van der Waals surface area (Å²) in [5, 5.41) is 4.30. The Kier molecular flexibility index (Phi) is 9.58. The van der Waals surface area contributed by atoms with Gasteiger partial charge in [0.25, 0.3) is 5.91 Å². The minimum atomic E-state index is -0.228. The van der Waals surface area contributed by atoms with Crippen LogP contribution in [0.2, 0.25) is 5.02 Å². The molecule has 2 heterocycles. The number of fused-ring (bicyclic) bond motifs is 2. The van der Waals surface area contributed by atoms with Crippen LogP contribution in [-0.4, -0.2) is 59.9 Å². The van der Waals surface area contributed by atoms with E-state index in [1.807, 2.05) is 41.0 Å². The molecule has 2 aliphatic rings. The summed E-state index contributed by atoms with van der Waals surface area (Å²) in [5.41, 5.74) is 8.59. The third kappa shape index (κ3) is 6.97. The number of rotatable bonds is 9. The average molecular weight is 600 g/mol. The van der Waals surface area contributed by atoms with Crippen LogP contribution in [0.1, 0.15) is 53.6 Å². The van der Waals surface area contributed by atoms with Gasteiger partial charge in [0.05, 0.1) is 12.6 Å². The maximum absolute atomic E-state index is 14.3.